The number of benzene rings is 1. The predicted octanol–water partition coefficient (Wildman–Crippen LogP) is 3.01. The van der Waals surface area contributed by atoms with Crippen LogP contribution in [-0.4, -0.2) is 9.78 Å². The zero-order valence-corrected chi connectivity index (χ0v) is 11.3. The molecule has 4 heteroatoms. The standard InChI is InChI=1S/C13H14BrN3/c1-8-5-6-12(10(14)7-8)17-11-4-2-3-9(11)13(15)16-17/h5-7H,2-4H2,1H3,(H2,15,16). The number of nitrogens with zero attached hydrogens (tertiary/aromatic N) is 2. The molecule has 2 N–H and O–H groups in total. The normalized spacial score (nSPS) is 14.0. The average molecular weight is 292 g/mol. The van der Waals surface area contributed by atoms with E-state index in [2.05, 4.69) is 46.2 Å². The van der Waals surface area contributed by atoms with Crippen LogP contribution in [0.25, 0.3) is 5.69 Å². The highest BCUT2D eigenvalue weighted by molar-refractivity contribution is 9.10. The molecule has 1 aromatic heterocycles. The van der Waals surface area contributed by atoms with Crippen molar-refractivity contribution in [3.05, 3.63) is 39.5 Å². The Bertz CT molecular complexity index is 587. The van der Waals surface area contributed by atoms with Crippen molar-refractivity contribution in [2.24, 2.45) is 0 Å². The van der Waals surface area contributed by atoms with Crippen LogP contribution in [0.1, 0.15) is 23.2 Å². The van der Waals surface area contributed by atoms with Crippen molar-refractivity contribution in [3.8, 4) is 5.69 Å². The summed E-state index contributed by atoms with van der Waals surface area (Å²) in [6, 6.07) is 6.29. The Hall–Kier alpha value is -1.29. The van der Waals surface area contributed by atoms with Crippen molar-refractivity contribution in [1.82, 2.24) is 9.78 Å². The minimum absolute atomic E-state index is 0.685. The number of rotatable bonds is 1. The van der Waals surface area contributed by atoms with E-state index in [9.17, 15) is 0 Å². The molecule has 1 aromatic carbocycles. The molecule has 0 radical (unpaired) electrons. The molecular formula is C13H14BrN3. The van der Waals surface area contributed by atoms with Gasteiger partial charge in [-0.2, -0.15) is 5.10 Å². The van der Waals surface area contributed by atoms with Crippen LogP contribution in [0.4, 0.5) is 5.82 Å². The predicted molar refractivity (Wildman–Crippen MR) is 72.4 cm³/mol. The van der Waals surface area contributed by atoms with Gasteiger partial charge in [0.1, 0.15) is 5.82 Å². The number of nitrogens with two attached hydrogens (primary N) is 1. The second kappa shape index (κ2) is 3.88. The van der Waals surface area contributed by atoms with E-state index in [1.807, 2.05) is 4.68 Å². The van der Waals surface area contributed by atoms with Gasteiger partial charge in [0.2, 0.25) is 0 Å². The van der Waals surface area contributed by atoms with Gasteiger partial charge in [-0.05, 0) is 59.8 Å². The Balaban J connectivity index is 2.19. The van der Waals surface area contributed by atoms with E-state index in [0.29, 0.717) is 5.82 Å². The molecule has 0 amide bonds. The molecule has 88 valence electrons. The largest absolute Gasteiger partial charge is 0.382 e. The molecule has 1 aliphatic rings. The lowest BCUT2D eigenvalue weighted by atomic mass is 10.2. The van der Waals surface area contributed by atoms with Crippen molar-refractivity contribution in [1.29, 1.82) is 0 Å². The van der Waals surface area contributed by atoms with Crippen molar-refractivity contribution < 1.29 is 0 Å². The molecule has 0 saturated carbocycles. The summed E-state index contributed by atoms with van der Waals surface area (Å²) < 4.78 is 3.05. The number of hydrogen-bond acceptors (Lipinski definition) is 2. The van der Waals surface area contributed by atoms with Gasteiger partial charge in [-0.15, -0.1) is 0 Å². The highest BCUT2D eigenvalue weighted by atomic mass is 79.9. The van der Waals surface area contributed by atoms with E-state index in [1.165, 1.54) is 23.2 Å². The quantitative estimate of drug-likeness (QED) is 0.878. The maximum atomic E-state index is 5.96. The molecule has 3 rings (SSSR count). The van der Waals surface area contributed by atoms with Crippen molar-refractivity contribution in [2.45, 2.75) is 26.2 Å². The number of aryl methyl sites for hydroxylation is 1. The maximum absolute atomic E-state index is 5.96. The fourth-order valence-corrected chi connectivity index (χ4v) is 3.11. The Morgan fingerprint density at radius 1 is 1.35 bits per heavy atom. The van der Waals surface area contributed by atoms with Crippen LogP contribution in [0.3, 0.4) is 0 Å². The van der Waals surface area contributed by atoms with Gasteiger partial charge in [0.25, 0.3) is 0 Å². The highest BCUT2D eigenvalue weighted by Crippen LogP contribution is 2.31. The average Bonchev–Trinajstić information content (AvgIpc) is 2.84. The first kappa shape index (κ1) is 10.8. The molecule has 2 aromatic rings. The van der Waals surface area contributed by atoms with Crippen molar-refractivity contribution in [2.75, 3.05) is 5.73 Å². The van der Waals surface area contributed by atoms with E-state index in [4.69, 9.17) is 5.73 Å². The Morgan fingerprint density at radius 3 is 2.94 bits per heavy atom. The zero-order chi connectivity index (χ0) is 12.0. The summed E-state index contributed by atoms with van der Waals surface area (Å²) in [7, 11) is 0. The van der Waals surface area contributed by atoms with Gasteiger partial charge in [-0.25, -0.2) is 4.68 Å². The lowest BCUT2D eigenvalue weighted by Gasteiger charge is -2.08. The van der Waals surface area contributed by atoms with Crippen LogP contribution >= 0.6 is 15.9 Å². The number of anilines is 1. The fraction of sp³-hybridized carbons (Fsp3) is 0.308. The highest BCUT2D eigenvalue weighted by Gasteiger charge is 2.22. The summed E-state index contributed by atoms with van der Waals surface area (Å²) in [5.74, 6) is 0.685. The Morgan fingerprint density at radius 2 is 2.18 bits per heavy atom. The summed E-state index contributed by atoms with van der Waals surface area (Å²) in [5.41, 5.74) is 10.8. The van der Waals surface area contributed by atoms with Gasteiger partial charge in [0, 0.05) is 15.7 Å². The van der Waals surface area contributed by atoms with Crippen LogP contribution in [0.5, 0.6) is 0 Å². The van der Waals surface area contributed by atoms with Crippen LogP contribution in [-0.2, 0) is 12.8 Å². The monoisotopic (exact) mass is 291 g/mol. The van der Waals surface area contributed by atoms with Crippen LogP contribution < -0.4 is 5.73 Å². The summed E-state index contributed by atoms with van der Waals surface area (Å²) in [5, 5.41) is 4.46. The van der Waals surface area contributed by atoms with Gasteiger partial charge < -0.3 is 5.73 Å². The molecule has 1 heterocycles. The smallest absolute Gasteiger partial charge is 0.149 e. The number of nitrogen functional groups attached to an aromatic ring is 1. The number of hydrogen-bond donors (Lipinski definition) is 1. The van der Waals surface area contributed by atoms with E-state index in [1.54, 1.807) is 0 Å². The molecule has 0 unspecified atom stereocenters. The molecule has 17 heavy (non-hydrogen) atoms. The second-order valence-corrected chi connectivity index (χ2v) is 5.39. The minimum atomic E-state index is 0.685. The third-order valence-corrected chi connectivity index (χ3v) is 3.93. The van der Waals surface area contributed by atoms with E-state index in [0.717, 1.165) is 23.0 Å². The van der Waals surface area contributed by atoms with E-state index in [-0.39, 0.29) is 0 Å². The van der Waals surface area contributed by atoms with E-state index < -0.39 is 0 Å². The maximum Gasteiger partial charge on any atom is 0.149 e. The van der Waals surface area contributed by atoms with Gasteiger partial charge in [0.15, 0.2) is 0 Å². The zero-order valence-electron chi connectivity index (χ0n) is 9.70. The molecule has 3 nitrogen and oxygen atoms in total. The van der Waals surface area contributed by atoms with Crippen LogP contribution in [0.15, 0.2) is 22.7 Å². The van der Waals surface area contributed by atoms with Gasteiger partial charge in [0.05, 0.1) is 5.69 Å². The molecule has 0 aliphatic heterocycles. The topological polar surface area (TPSA) is 43.8 Å². The summed E-state index contributed by atoms with van der Waals surface area (Å²) in [6.07, 6.45) is 3.31. The third-order valence-electron chi connectivity index (χ3n) is 3.29. The van der Waals surface area contributed by atoms with Gasteiger partial charge in [-0.3, -0.25) is 0 Å². The number of aromatic nitrogens is 2. The van der Waals surface area contributed by atoms with E-state index >= 15 is 0 Å². The SMILES string of the molecule is Cc1ccc(-n2nc(N)c3c2CCC3)c(Br)c1. The molecule has 0 bridgehead atoms. The number of halogens is 1. The van der Waals surface area contributed by atoms with Gasteiger partial charge >= 0.3 is 0 Å². The molecule has 0 spiro atoms. The Kier molecular flexibility index (Phi) is 2.47. The third kappa shape index (κ3) is 1.67. The molecule has 1 aliphatic carbocycles. The van der Waals surface area contributed by atoms with Crippen LogP contribution in [0.2, 0.25) is 0 Å². The second-order valence-electron chi connectivity index (χ2n) is 4.53. The minimum Gasteiger partial charge on any atom is -0.382 e. The number of fused-ring (bicyclic) bond motifs is 1. The molecular weight excluding hydrogens is 278 g/mol. The molecule has 0 atom stereocenters. The fourth-order valence-electron chi connectivity index (χ4n) is 2.45. The molecule has 0 fully saturated rings. The lowest BCUT2D eigenvalue weighted by molar-refractivity contribution is 0.786. The van der Waals surface area contributed by atoms with Gasteiger partial charge in [-0.1, -0.05) is 6.07 Å². The first-order valence-corrected chi connectivity index (χ1v) is 6.59. The summed E-state index contributed by atoms with van der Waals surface area (Å²) in [6.45, 7) is 2.08. The Labute approximate surface area is 109 Å². The van der Waals surface area contributed by atoms with Crippen LogP contribution in [0, 0.1) is 6.92 Å². The summed E-state index contributed by atoms with van der Waals surface area (Å²) in [4.78, 5) is 0. The van der Waals surface area contributed by atoms with Crippen molar-refractivity contribution >= 4 is 21.7 Å². The first-order valence-electron chi connectivity index (χ1n) is 5.79. The van der Waals surface area contributed by atoms with Crippen molar-refractivity contribution in [3.63, 3.8) is 0 Å². The first-order chi connectivity index (χ1) is 8.16. The summed E-state index contributed by atoms with van der Waals surface area (Å²) >= 11 is 3.60. The molecule has 0 saturated heterocycles. The lowest BCUT2D eigenvalue weighted by Crippen LogP contribution is -2.02.